The third kappa shape index (κ3) is 2.59. The quantitative estimate of drug-likeness (QED) is 0.499. The molecule has 0 spiro atoms. The highest BCUT2D eigenvalue weighted by Crippen LogP contribution is 2.42. The van der Waals surface area contributed by atoms with Crippen molar-refractivity contribution in [3.8, 4) is 10.4 Å². The highest BCUT2D eigenvalue weighted by Gasteiger charge is 2.22. The van der Waals surface area contributed by atoms with E-state index < -0.39 is 0 Å². The lowest BCUT2D eigenvalue weighted by Gasteiger charge is -2.11. The predicted octanol–water partition coefficient (Wildman–Crippen LogP) is 5.19. The van der Waals surface area contributed by atoms with E-state index in [4.69, 9.17) is 0 Å². The van der Waals surface area contributed by atoms with Crippen LogP contribution in [0.1, 0.15) is 39.2 Å². The Morgan fingerprint density at radius 3 is 2.71 bits per heavy atom. The molecule has 4 rings (SSSR count). The number of hydrogen-bond donors (Lipinski definition) is 2. The van der Waals surface area contributed by atoms with E-state index in [1.54, 1.807) is 0 Å². The summed E-state index contributed by atoms with van der Waals surface area (Å²) < 4.78 is 2.94. The number of thiophene rings is 1. The fourth-order valence-corrected chi connectivity index (χ4v) is 5.30. The monoisotopic (exact) mass is 353 g/mol. The second kappa shape index (κ2) is 6.71. The summed E-state index contributed by atoms with van der Waals surface area (Å²) in [6, 6.07) is 12.7. The largest absolute Gasteiger partial charge is 0.298 e. The minimum absolute atomic E-state index is 0.714. The number of nitrogens with one attached hydrogen (secondary N) is 1. The first-order valence-corrected chi connectivity index (χ1v) is 9.57. The summed E-state index contributed by atoms with van der Waals surface area (Å²) in [4.78, 5) is 14.4. The van der Waals surface area contributed by atoms with Gasteiger partial charge in [0.2, 0.25) is 0 Å². The van der Waals surface area contributed by atoms with E-state index in [0.717, 1.165) is 29.6 Å². The molecule has 1 N–H and O–H groups in total. The maximum atomic E-state index is 11.8. The first kappa shape index (κ1) is 15.9. The summed E-state index contributed by atoms with van der Waals surface area (Å²) in [5.74, 6) is 0. The van der Waals surface area contributed by atoms with Gasteiger partial charge in [-0.15, -0.1) is 11.3 Å². The first-order chi connectivity index (χ1) is 11.8. The molecule has 1 aliphatic rings. The van der Waals surface area contributed by atoms with E-state index in [2.05, 4.69) is 53.9 Å². The zero-order valence-electron chi connectivity index (χ0n) is 13.3. The maximum absolute atomic E-state index is 11.8. The third-order valence-electron chi connectivity index (χ3n) is 4.86. The van der Waals surface area contributed by atoms with Gasteiger partial charge in [0.1, 0.15) is 0 Å². The number of benzene rings is 2. The molecule has 1 aromatic heterocycles. The average Bonchev–Trinajstić information content (AvgIpc) is 3.00. The van der Waals surface area contributed by atoms with E-state index in [-0.39, 0.29) is 0 Å². The molecule has 0 saturated heterocycles. The van der Waals surface area contributed by atoms with Crippen LogP contribution in [0.2, 0.25) is 0 Å². The van der Waals surface area contributed by atoms with E-state index in [1.807, 2.05) is 11.3 Å². The minimum Gasteiger partial charge on any atom is -0.298 e. The molecule has 0 bridgehead atoms. The fourth-order valence-electron chi connectivity index (χ4n) is 3.73. The summed E-state index contributed by atoms with van der Waals surface area (Å²) in [7, 11) is 0. The standard InChI is InChI=1S/C20H19NOS2/c22-12-18-16-6-1-2-10-19(16)24-20(18)17-9-4-7-14-13(11-21-23)5-3-8-15(14)17/h3-5,7-9,12,21,23H,1-2,6,10-11H2. The van der Waals surface area contributed by atoms with Crippen molar-refractivity contribution >= 4 is 41.2 Å². The van der Waals surface area contributed by atoms with Gasteiger partial charge in [-0.2, -0.15) is 0 Å². The zero-order chi connectivity index (χ0) is 16.5. The molecule has 2 aromatic carbocycles. The number of carbonyl (C=O) groups excluding carboxylic acids is 1. The van der Waals surface area contributed by atoms with Crippen molar-refractivity contribution in [2.45, 2.75) is 32.2 Å². The summed E-state index contributed by atoms with van der Waals surface area (Å²) in [5, 5.41) is 2.43. The van der Waals surface area contributed by atoms with Gasteiger partial charge in [0.15, 0.2) is 6.29 Å². The summed E-state index contributed by atoms with van der Waals surface area (Å²) in [5.41, 5.74) is 4.61. The second-order valence-corrected chi connectivity index (χ2v) is 7.65. The number of fused-ring (bicyclic) bond motifs is 2. The number of carbonyl (C=O) groups is 1. The van der Waals surface area contributed by atoms with Gasteiger partial charge < -0.3 is 0 Å². The van der Waals surface area contributed by atoms with Crippen molar-refractivity contribution in [3.05, 3.63) is 58.0 Å². The van der Waals surface area contributed by atoms with Crippen LogP contribution in [-0.2, 0) is 19.4 Å². The third-order valence-corrected chi connectivity index (χ3v) is 6.36. The van der Waals surface area contributed by atoms with Crippen molar-refractivity contribution in [2.75, 3.05) is 0 Å². The van der Waals surface area contributed by atoms with Crippen LogP contribution in [0.4, 0.5) is 0 Å². The normalized spacial score (nSPS) is 13.9. The summed E-state index contributed by atoms with van der Waals surface area (Å²) in [6.07, 6.45) is 5.64. The highest BCUT2D eigenvalue weighted by molar-refractivity contribution is 7.78. The molecule has 1 heterocycles. The first-order valence-electron chi connectivity index (χ1n) is 8.31. The molecule has 0 saturated carbocycles. The Bertz CT molecular complexity index is 913. The minimum atomic E-state index is 0.714. The number of aldehydes is 1. The van der Waals surface area contributed by atoms with Crippen LogP contribution in [0.3, 0.4) is 0 Å². The second-order valence-electron chi connectivity index (χ2n) is 6.22. The van der Waals surface area contributed by atoms with Crippen LogP contribution in [0, 0.1) is 0 Å². The Kier molecular flexibility index (Phi) is 4.44. The lowest BCUT2D eigenvalue weighted by molar-refractivity contribution is 0.112. The molecule has 0 atom stereocenters. The van der Waals surface area contributed by atoms with Crippen molar-refractivity contribution in [1.82, 2.24) is 4.72 Å². The summed E-state index contributed by atoms with van der Waals surface area (Å²) in [6.45, 7) is 0.714. The molecular formula is C20H19NOS2. The fraction of sp³-hybridized carbons (Fsp3) is 0.250. The number of thiol groups is 1. The molecule has 122 valence electrons. The molecule has 0 unspecified atom stereocenters. The van der Waals surface area contributed by atoms with E-state index in [0.29, 0.717) is 6.54 Å². The topological polar surface area (TPSA) is 29.1 Å². The number of hydrogen-bond acceptors (Lipinski definition) is 4. The van der Waals surface area contributed by atoms with Crippen LogP contribution in [-0.4, -0.2) is 6.29 Å². The van der Waals surface area contributed by atoms with Crippen LogP contribution in [0.25, 0.3) is 21.2 Å². The van der Waals surface area contributed by atoms with Gasteiger partial charge in [-0.05, 0) is 47.6 Å². The van der Waals surface area contributed by atoms with Crippen LogP contribution in [0.15, 0.2) is 36.4 Å². The summed E-state index contributed by atoms with van der Waals surface area (Å²) >= 11 is 5.95. The molecule has 2 nitrogen and oxygen atoms in total. The smallest absolute Gasteiger partial charge is 0.151 e. The van der Waals surface area contributed by atoms with E-state index in [9.17, 15) is 4.79 Å². The van der Waals surface area contributed by atoms with Gasteiger partial charge in [0.25, 0.3) is 0 Å². The Hall–Kier alpha value is -1.62. The van der Waals surface area contributed by atoms with Gasteiger partial charge in [0.05, 0.1) is 0 Å². The molecule has 4 heteroatoms. The van der Waals surface area contributed by atoms with Crippen molar-refractivity contribution in [3.63, 3.8) is 0 Å². The SMILES string of the molecule is O=Cc1c(-c2cccc3c(CNS)cccc23)sc2c1CCCC2. The van der Waals surface area contributed by atoms with Crippen LogP contribution in [0.5, 0.6) is 0 Å². The highest BCUT2D eigenvalue weighted by atomic mass is 32.1. The van der Waals surface area contributed by atoms with Crippen molar-refractivity contribution in [1.29, 1.82) is 0 Å². The van der Waals surface area contributed by atoms with Crippen molar-refractivity contribution in [2.24, 2.45) is 0 Å². The van der Waals surface area contributed by atoms with Gasteiger partial charge >= 0.3 is 0 Å². The molecule has 3 aromatic rings. The number of rotatable bonds is 4. The Morgan fingerprint density at radius 2 is 1.88 bits per heavy atom. The number of aryl methyl sites for hydroxylation is 1. The Balaban J connectivity index is 1.96. The van der Waals surface area contributed by atoms with Gasteiger partial charge in [0, 0.05) is 27.4 Å². The molecule has 0 radical (unpaired) electrons. The van der Waals surface area contributed by atoms with Crippen LogP contribution < -0.4 is 4.72 Å². The maximum Gasteiger partial charge on any atom is 0.151 e. The van der Waals surface area contributed by atoms with Gasteiger partial charge in [-0.25, -0.2) is 0 Å². The molecule has 1 aliphatic carbocycles. The van der Waals surface area contributed by atoms with E-state index in [1.165, 1.54) is 45.2 Å². The Labute approximate surface area is 151 Å². The molecular weight excluding hydrogens is 334 g/mol. The van der Waals surface area contributed by atoms with E-state index >= 15 is 0 Å². The van der Waals surface area contributed by atoms with Gasteiger partial charge in [-0.1, -0.05) is 49.2 Å². The molecule has 0 amide bonds. The zero-order valence-corrected chi connectivity index (χ0v) is 15.1. The van der Waals surface area contributed by atoms with Gasteiger partial charge in [-0.3, -0.25) is 9.52 Å². The molecule has 24 heavy (non-hydrogen) atoms. The predicted molar refractivity (Wildman–Crippen MR) is 105 cm³/mol. The van der Waals surface area contributed by atoms with Crippen molar-refractivity contribution < 1.29 is 4.79 Å². The molecule has 0 aliphatic heterocycles. The molecule has 0 fully saturated rings. The average molecular weight is 354 g/mol. The van der Waals surface area contributed by atoms with Crippen LogP contribution >= 0.6 is 24.2 Å². The lowest BCUT2D eigenvalue weighted by Crippen LogP contribution is -2.01. The lowest BCUT2D eigenvalue weighted by atomic mass is 9.92. The Morgan fingerprint density at radius 1 is 1.08 bits per heavy atom.